The van der Waals surface area contributed by atoms with Crippen LogP contribution in [0, 0.1) is 0 Å². The van der Waals surface area contributed by atoms with Gasteiger partial charge in [-0.15, -0.1) is 0 Å². The first kappa shape index (κ1) is 24.0. The summed E-state index contributed by atoms with van der Waals surface area (Å²) in [4.78, 5) is 45.6. The molecule has 11 heteroatoms. The molecule has 4 N–H and O–H groups in total. The minimum atomic E-state index is -4.88. The first-order valence-electron chi connectivity index (χ1n) is 9.22. The molecule has 0 unspecified atom stereocenters. The van der Waals surface area contributed by atoms with E-state index in [0.29, 0.717) is 12.1 Å². The zero-order chi connectivity index (χ0) is 25.4. The van der Waals surface area contributed by atoms with Gasteiger partial charge in [0.1, 0.15) is 0 Å². The SMILES string of the molecule is O=C(O)c1cc(C(=O)O)cc(-c2cc(-c3cc(C(=O)O)cc(C(=O)O)c3)cc(C(F)(F)F)c2)c1. The smallest absolute Gasteiger partial charge is 0.416 e. The minimum absolute atomic E-state index is 0.155. The Kier molecular flexibility index (Phi) is 6.13. The Morgan fingerprint density at radius 2 is 0.735 bits per heavy atom. The Morgan fingerprint density at radius 3 is 0.971 bits per heavy atom. The summed E-state index contributed by atoms with van der Waals surface area (Å²) in [6.07, 6.45) is -4.88. The third-order valence-electron chi connectivity index (χ3n) is 4.78. The Balaban J connectivity index is 2.34. The number of carboxylic acids is 4. The van der Waals surface area contributed by atoms with Crippen LogP contribution in [0.5, 0.6) is 0 Å². The third-order valence-corrected chi connectivity index (χ3v) is 4.78. The maximum absolute atomic E-state index is 13.6. The lowest BCUT2D eigenvalue weighted by molar-refractivity contribution is -0.137. The van der Waals surface area contributed by atoms with Crippen LogP contribution in [0.1, 0.15) is 47.0 Å². The van der Waals surface area contributed by atoms with E-state index in [-0.39, 0.29) is 22.3 Å². The highest BCUT2D eigenvalue weighted by atomic mass is 19.4. The predicted octanol–water partition coefficient (Wildman–Crippen LogP) is 4.83. The number of hydrogen-bond donors (Lipinski definition) is 4. The molecule has 3 aromatic carbocycles. The van der Waals surface area contributed by atoms with Crippen LogP contribution in [0.15, 0.2) is 54.6 Å². The molecule has 0 bridgehead atoms. The number of rotatable bonds is 6. The molecule has 3 aromatic rings. The quantitative estimate of drug-likeness (QED) is 0.397. The van der Waals surface area contributed by atoms with Crippen molar-refractivity contribution in [3.05, 3.63) is 82.4 Å². The van der Waals surface area contributed by atoms with E-state index in [9.17, 15) is 52.8 Å². The van der Waals surface area contributed by atoms with Gasteiger partial charge in [-0.3, -0.25) is 0 Å². The normalized spacial score (nSPS) is 11.1. The zero-order valence-electron chi connectivity index (χ0n) is 16.8. The maximum Gasteiger partial charge on any atom is 0.416 e. The molecule has 0 radical (unpaired) electrons. The van der Waals surface area contributed by atoms with Crippen LogP contribution < -0.4 is 0 Å². The van der Waals surface area contributed by atoms with E-state index in [1.54, 1.807) is 0 Å². The van der Waals surface area contributed by atoms with Gasteiger partial charge in [-0.05, 0) is 76.9 Å². The van der Waals surface area contributed by atoms with Gasteiger partial charge >= 0.3 is 30.1 Å². The van der Waals surface area contributed by atoms with Gasteiger partial charge in [-0.1, -0.05) is 0 Å². The first-order valence-corrected chi connectivity index (χ1v) is 9.22. The van der Waals surface area contributed by atoms with Crippen LogP contribution >= 0.6 is 0 Å². The van der Waals surface area contributed by atoms with Gasteiger partial charge in [0.25, 0.3) is 0 Å². The Bertz CT molecular complexity index is 1200. The number of hydrogen-bond acceptors (Lipinski definition) is 4. The zero-order valence-corrected chi connectivity index (χ0v) is 16.8. The monoisotopic (exact) mass is 474 g/mol. The van der Waals surface area contributed by atoms with Crippen LogP contribution in [0.25, 0.3) is 22.3 Å². The molecule has 0 aliphatic heterocycles. The molecule has 0 saturated carbocycles. The molecule has 34 heavy (non-hydrogen) atoms. The van der Waals surface area contributed by atoms with Crippen molar-refractivity contribution in [3.63, 3.8) is 0 Å². The number of aromatic carboxylic acids is 4. The van der Waals surface area contributed by atoms with Crippen LogP contribution in [-0.2, 0) is 6.18 Å². The second-order valence-electron chi connectivity index (χ2n) is 7.12. The molecule has 0 atom stereocenters. The highest BCUT2D eigenvalue weighted by Crippen LogP contribution is 2.37. The summed E-state index contributed by atoms with van der Waals surface area (Å²) >= 11 is 0. The summed E-state index contributed by atoms with van der Waals surface area (Å²) < 4.78 is 40.9. The molecule has 174 valence electrons. The molecular formula is C23H13F3O8. The molecule has 0 heterocycles. The van der Waals surface area contributed by atoms with E-state index >= 15 is 0 Å². The molecule has 0 aliphatic rings. The van der Waals surface area contributed by atoms with Gasteiger partial charge in [0.2, 0.25) is 0 Å². The summed E-state index contributed by atoms with van der Waals surface area (Å²) in [6.45, 7) is 0. The first-order chi connectivity index (χ1) is 15.8. The average Bonchev–Trinajstić information content (AvgIpc) is 2.77. The van der Waals surface area contributed by atoms with E-state index in [2.05, 4.69) is 0 Å². The largest absolute Gasteiger partial charge is 0.478 e. The number of carboxylic acid groups (broad SMARTS) is 4. The molecule has 3 rings (SSSR count). The van der Waals surface area contributed by atoms with Crippen molar-refractivity contribution in [1.82, 2.24) is 0 Å². The Labute approximate surface area is 188 Å². The van der Waals surface area contributed by atoms with Gasteiger partial charge in [0.15, 0.2) is 0 Å². The summed E-state index contributed by atoms with van der Waals surface area (Å²) in [6, 6.07) is 8.15. The topological polar surface area (TPSA) is 149 Å². The predicted molar refractivity (Wildman–Crippen MR) is 110 cm³/mol. The summed E-state index contributed by atoms with van der Waals surface area (Å²) in [7, 11) is 0. The van der Waals surface area contributed by atoms with Crippen molar-refractivity contribution in [1.29, 1.82) is 0 Å². The van der Waals surface area contributed by atoms with Crippen molar-refractivity contribution in [2.45, 2.75) is 6.18 Å². The van der Waals surface area contributed by atoms with E-state index in [0.717, 1.165) is 42.5 Å². The van der Waals surface area contributed by atoms with E-state index in [1.165, 1.54) is 0 Å². The lowest BCUT2D eigenvalue weighted by Gasteiger charge is -2.14. The fraction of sp³-hybridized carbons (Fsp3) is 0.0435. The summed E-state index contributed by atoms with van der Waals surface area (Å²) in [5, 5.41) is 37.0. The van der Waals surface area contributed by atoms with Gasteiger partial charge in [0, 0.05) is 0 Å². The fourth-order valence-electron chi connectivity index (χ4n) is 3.21. The number of carbonyl (C=O) groups is 4. The van der Waals surface area contributed by atoms with Gasteiger partial charge in [-0.2, -0.15) is 13.2 Å². The van der Waals surface area contributed by atoms with Gasteiger partial charge in [0.05, 0.1) is 27.8 Å². The standard InChI is InChI=1S/C23H13F3O8/c24-23(25,26)18-8-12(10-2-14(19(27)28)6-15(3-10)20(29)30)1-13(9-18)11-4-16(21(31)32)7-17(5-11)22(33)34/h1-9H,(H,27,28)(H,29,30)(H,31,32)(H,33,34). The van der Waals surface area contributed by atoms with Crippen molar-refractivity contribution >= 4 is 23.9 Å². The molecule has 0 saturated heterocycles. The van der Waals surface area contributed by atoms with Crippen molar-refractivity contribution in [2.75, 3.05) is 0 Å². The van der Waals surface area contributed by atoms with Crippen molar-refractivity contribution in [3.8, 4) is 22.3 Å². The highest BCUT2D eigenvalue weighted by Gasteiger charge is 2.32. The molecule has 0 amide bonds. The van der Waals surface area contributed by atoms with Gasteiger partial charge in [-0.25, -0.2) is 19.2 Å². The number of halogens is 3. The van der Waals surface area contributed by atoms with E-state index in [4.69, 9.17) is 0 Å². The number of alkyl halides is 3. The Morgan fingerprint density at radius 1 is 0.471 bits per heavy atom. The van der Waals surface area contributed by atoms with Crippen molar-refractivity contribution in [2.24, 2.45) is 0 Å². The van der Waals surface area contributed by atoms with Crippen LogP contribution in [0.4, 0.5) is 13.2 Å². The van der Waals surface area contributed by atoms with Crippen molar-refractivity contribution < 1.29 is 52.8 Å². The van der Waals surface area contributed by atoms with E-state index in [1.807, 2.05) is 0 Å². The lowest BCUT2D eigenvalue weighted by Crippen LogP contribution is -2.07. The Hall–Kier alpha value is -4.67. The number of benzene rings is 3. The molecule has 0 fully saturated rings. The fourth-order valence-corrected chi connectivity index (χ4v) is 3.21. The highest BCUT2D eigenvalue weighted by molar-refractivity contribution is 5.98. The second-order valence-corrected chi connectivity index (χ2v) is 7.12. The average molecular weight is 474 g/mol. The molecule has 0 spiro atoms. The van der Waals surface area contributed by atoms with Gasteiger partial charge < -0.3 is 20.4 Å². The second kappa shape index (κ2) is 8.70. The summed E-state index contributed by atoms with van der Waals surface area (Å²) in [5.74, 6) is -6.01. The molecule has 0 aliphatic carbocycles. The lowest BCUT2D eigenvalue weighted by atomic mass is 9.92. The maximum atomic E-state index is 13.6. The van der Waals surface area contributed by atoms with Crippen LogP contribution in [-0.4, -0.2) is 44.3 Å². The molecule has 8 nitrogen and oxygen atoms in total. The van der Waals surface area contributed by atoms with E-state index < -0.39 is 57.9 Å². The molecular weight excluding hydrogens is 461 g/mol. The minimum Gasteiger partial charge on any atom is -0.478 e. The summed E-state index contributed by atoms with van der Waals surface area (Å²) in [5.41, 5.74) is -3.85. The third kappa shape index (κ3) is 5.04. The molecule has 0 aromatic heterocycles. The van der Waals surface area contributed by atoms with Crippen LogP contribution in [0.3, 0.4) is 0 Å². The van der Waals surface area contributed by atoms with Crippen LogP contribution in [0.2, 0.25) is 0 Å².